The predicted octanol–water partition coefficient (Wildman–Crippen LogP) is 3.45. The highest BCUT2D eigenvalue weighted by atomic mass is 35.5. The summed E-state index contributed by atoms with van der Waals surface area (Å²) in [6, 6.07) is 10.4. The van der Waals surface area contributed by atoms with Gasteiger partial charge in [-0.2, -0.15) is 0 Å². The van der Waals surface area contributed by atoms with E-state index in [1.165, 1.54) is 0 Å². The molecule has 4 nitrogen and oxygen atoms in total. The van der Waals surface area contributed by atoms with Gasteiger partial charge in [-0.1, -0.05) is 11.6 Å². The maximum atomic E-state index is 12.0. The summed E-state index contributed by atoms with van der Waals surface area (Å²) in [7, 11) is 0. The summed E-state index contributed by atoms with van der Waals surface area (Å²) in [4.78, 5) is 16.2. The molecule has 1 aromatic carbocycles. The summed E-state index contributed by atoms with van der Waals surface area (Å²) in [5, 5.41) is 3.41. The quantitative estimate of drug-likeness (QED) is 0.938. The van der Waals surface area contributed by atoms with Crippen molar-refractivity contribution in [1.82, 2.24) is 4.98 Å². The van der Waals surface area contributed by atoms with Gasteiger partial charge in [-0.15, -0.1) is 0 Å². The van der Waals surface area contributed by atoms with Crippen LogP contribution in [0.5, 0.6) is 5.75 Å². The molecule has 0 radical (unpaired) electrons. The summed E-state index contributed by atoms with van der Waals surface area (Å²) in [5.41, 5.74) is 1.45. The van der Waals surface area contributed by atoms with E-state index < -0.39 is 6.10 Å². The number of halogens is 1. The Morgan fingerprint density at radius 2 is 2.00 bits per heavy atom. The number of carbonyl (C=O) groups is 1. The van der Waals surface area contributed by atoms with Gasteiger partial charge in [0.15, 0.2) is 6.10 Å². The predicted molar refractivity (Wildman–Crippen MR) is 79.1 cm³/mol. The zero-order valence-electron chi connectivity index (χ0n) is 11.3. The van der Waals surface area contributed by atoms with Crippen molar-refractivity contribution in [3.63, 3.8) is 0 Å². The summed E-state index contributed by atoms with van der Waals surface area (Å²) < 4.78 is 5.55. The van der Waals surface area contributed by atoms with E-state index in [2.05, 4.69) is 10.3 Å². The topological polar surface area (TPSA) is 51.2 Å². The molecule has 5 heteroatoms. The van der Waals surface area contributed by atoms with Gasteiger partial charge in [-0.25, -0.2) is 0 Å². The Hall–Kier alpha value is -2.07. The highest BCUT2D eigenvalue weighted by Crippen LogP contribution is 2.17. The smallest absolute Gasteiger partial charge is 0.265 e. The fourth-order valence-corrected chi connectivity index (χ4v) is 1.75. The largest absolute Gasteiger partial charge is 0.481 e. The SMILES string of the molecule is Cc1ncccc1NC(=O)C(C)Oc1ccc(Cl)cc1. The Morgan fingerprint density at radius 3 is 2.65 bits per heavy atom. The number of aromatic nitrogens is 1. The second-order valence-corrected chi connectivity index (χ2v) is 4.78. The van der Waals surface area contributed by atoms with E-state index in [0.717, 1.165) is 5.69 Å². The molecule has 2 aromatic rings. The third kappa shape index (κ3) is 3.71. The molecule has 0 aliphatic rings. The van der Waals surface area contributed by atoms with Gasteiger partial charge < -0.3 is 10.1 Å². The van der Waals surface area contributed by atoms with Gasteiger partial charge in [0.05, 0.1) is 11.4 Å². The van der Waals surface area contributed by atoms with Crippen LogP contribution in [-0.4, -0.2) is 17.0 Å². The second-order valence-electron chi connectivity index (χ2n) is 4.34. The number of aryl methyl sites for hydroxylation is 1. The Kier molecular flexibility index (Phi) is 4.58. The lowest BCUT2D eigenvalue weighted by Crippen LogP contribution is -2.30. The molecule has 1 unspecified atom stereocenters. The van der Waals surface area contributed by atoms with Crippen molar-refractivity contribution in [2.45, 2.75) is 20.0 Å². The van der Waals surface area contributed by atoms with E-state index in [0.29, 0.717) is 16.5 Å². The highest BCUT2D eigenvalue weighted by molar-refractivity contribution is 6.30. The van der Waals surface area contributed by atoms with Gasteiger partial charge in [0, 0.05) is 11.2 Å². The molecule has 0 aliphatic heterocycles. The van der Waals surface area contributed by atoms with Gasteiger partial charge >= 0.3 is 0 Å². The van der Waals surface area contributed by atoms with Crippen LogP contribution < -0.4 is 10.1 Å². The van der Waals surface area contributed by atoms with Crippen molar-refractivity contribution in [3.8, 4) is 5.75 Å². The lowest BCUT2D eigenvalue weighted by atomic mass is 10.3. The normalized spacial score (nSPS) is 11.8. The van der Waals surface area contributed by atoms with Crippen molar-refractivity contribution in [2.24, 2.45) is 0 Å². The Bertz CT molecular complexity index is 599. The number of nitrogens with zero attached hydrogens (tertiary/aromatic N) is 1. The Labute approximate surface area is 122 Å². The second kappa shape index (κ2) is 6.39. The maximum Gasteiger partial charge on any atom is 0.265 e. The number of ether oxygens (including phenoxy) is 1. The molecule has 20 heavy (non-hydrogen) atoms. The fraction of sp³-hybridized carbons (Fsp3) is 0.200. The monoisotopic (exact) mass is 290 g/mol. The average molecular weight is 291 g/mol. The standard InChI is InChI=1S/C15H15ClN2O2/c1-10-14(4-3-9-17-10)18-15(19)11(2)20-13-7-5-12(16)6-8-13/h3-9,11H,1-2H3,(H,18,19). The van der Waals surface area contributed by atoms with Crippen LogP contribution in [0, 0.1) is 6.92 Å². The Balaban J connectivity index is 1.99. The molecule has 0 saturated heterocycles. The van der Waals surface area contributed by atoms with Crippen molar-refractivity contribution in [1.29, 1.82) is 0 Å². The first-order valence-corrected chi connectivity index (χ1v) is 6.59. The van der Waals surface area contributed by atoms with Gasteiger partial charge in [0.1, 0.15) is 5.75 Å². The van der Waals surface area contributed by atoms with Crippen LogP contribution in [0.4, 0.5) is 5.69 Å². The zero-order chi connectivity index (χ0) is 14.5. The van der Waals surface area contributed by atoms with Gasteiger partial charge in [-0.05, 0) is 50.2 Å². The van der Waals surface area contributed by atoms with Gasteiger partial charge in [0.2, 0.25) is 0 Å². The molecule has 0 aliphatic carbocycles. The van der Waals surface area contributed by atoms with Gasteiger partial charge in [0.25, 0.3) is 5.91 Å². The first kappa shape index (κ1) is 14.3. The number of pyridine rings is 1. The minimum absolute atomic E-state index is 0.226. The molecule has 0 fully saturated rings. The molecule has 1 heterocycles. The van der Waals surface area contributed by atoms with Crippen LogP contribution in [-0.2, 0) is 4.79 Å². The van der Waals surface area contributed by atoms with Crippen LogP contribution in [0.3, 0.4) is 0 Å². The summed E-state index contributed by atoms with van der Waals surface area (Å²) >= 11 is 5.79. The molecule has 104 valence electrons. The van der Waals surface area contributed by atoms with Crippen molar-refractivity contribution in [2.75, 3.05) is 5.32 Å². The van der Waals surface area contributed by atoms with Gasteiger partial charge in [-0.3, -0.25) is 9.78 Å². The summed E-state index contributed by atoms with van der Waals surface area (Å²) in [6.07, 6.45) is 1.06. The molecular weight excluding hydrogens is 276 g/mol. The summed E-state index contributed by atoms with van der Waals surface area (Å²) in [5.74, 6) is 0.371. The zero-order valence-corrected chi connectivity index (χ0v) is 12.0. The van der Waals surface area contributed by atoms with E-state index >= 15 is 0 Å². The van der Waals surface area contributed by atoms with E-state index in [9.17, 15) is 4.79 Å². The number of hydrogen-bond donors (Lipinski definition) is 1. The minimum atomic E-state index is -0.615. The number of hydrogen-bond acceptors (Lipinski definition) is 3. The van der Waals surface area contributed by atoms with Crippen LogP contribution >= 0.6 is 11.6 Å². The third-order valence-electron chi connectivity index (χ3n) is 2.76. The maximum absolute atomic E-state index is 12.0. The van der Waals surface area contributed by atoms with E-state index in [1.807, 2.05) is 6.92 Å². The van der Waals surface area contributed by atoms with Crippen LogP contribution in [0.15, 0.2) is 42.6 Å². The van der Waals surface area contributed by atoms with Crippen molar-refractivity contribution < 1.29 is 9.53 Å². The van der Waals surface area contributed by atoms with E-state index in [1.54, 1.807) is 49.5 Å². The molecule has 1 N–H and O–H groups in total. The molecule has 0 bridgehead atoms. The number of benzene rings is 1. The molecule has 2 rings (SSSR count). The van der Waals surface area contributed by atoms with Crippen LogP contribution in [0.1, 0.15) is 12.6 Å². The van der Waals surface area contributed by atoms with Crippen LogP contribution in [0.25, 0.3) is 0 Å². The van der Waals surface area contributed by atoms with E-state index in [4.69, 9.17) is 16.3 Å². The molecule has 1 amide bonds. The number of rotatable bonds is 4. The number of carbonyl (C=O) groups excluding carboxylic acids is 1. The lowest BCUT2D eigenvalue weighted by Gasteiger charge is -2.15. The third-order valence-corrected chi connectivity index (χ3v) is 3.01. The van der Waals surface area contributed by atoms with E-state index in [-0.39, 0.29) is 5.91 Å². The first-order chi connectivity index (χ1) is 9.56. The fourth-order valence-electron chi connectivity index (χ4n) is 1.62. The highest BCUT2D eigenvalue weighted by Gasteiger charge is 2.15. The molecular formula is C15H15ClN2O2. The number of anilines is 1. The number of nitrogens with one attached hydrogen (secondary N) is 1. The molecule has 0 saturated carbocycles. The molecule has 1 aromatic heterocycles. The number of amides is 1. The Morgan fingerprint density at radius 1 is 1.30 bits per heavy atom. The average Bonchev–Trinajstić information content (AvgIpc) is 2.44. The molecule has 0 spiro atoms. The van der Waals surface area contributed by atoms with Crippen LogP contribution in [0.2, 0.25) is 5.02 Å². The van der Waals surface area contributed by atoms with Crippen molar-refractivity contribution in [3.05, 3.63) is 53.3 Å². The lowest BCUT2D eigenvalue weighted by molar-refractivity contribution is -0.122. The summed E-state index contributed by atoms with van der Waals surface area (Å²) in [6.45, 7) is 3.52. The first-order valence-electron chi connectivity index (χ1n) is 6.21. The minimum Gasteiger partial charge on any atom is -0.481 e. The molecule has 1 atom stereocenters. The van der Waals surface area contributed by atoms with Crippen molar-refractivity contribution >= 4 is 23.2 Å².